The number of carbonyl (C=O) groups excluding carboxylic acids is 1. The SMILES string of the molecule is O=C1C=CC2=C/C=C\C=C/C=C2C1. The summed E-state index contributed by atoms with van der Waals surface area (Å²) in [6.07, 6.45) is 16.0. The normalized spacial score (nSPS) is 25.1. The number of hydrogen-bond acceptors (Lipinski definition) is 1. The molecule has 0 bridgehead atoms. The second kappa shape index (κ2) is 3.40. The van der Waals surface area contributed by atoms with Gasteiger partial charge < -0.3 is 0 Å². The van der Waals surface area contributed by atoms with E-state index < -0.39 is 0 Å². The molecular formula is C12H10O. The third-order valence-corrected chi connectivity index (χ3v) is 2.09. The number of fused-ring (bicyclic) bond motifs is 1. The molecule has 2 rings (SSSR count). The van der Waals surface area contributed by atoms with Crippen molar-refractivity contribution in [2.45, 2.75) is 6.42 Å². The number of rotatable bonds is 0. The van der Waals surface area contributed by atoms with E-state index in [2.05, 4.69) is 0 Å². The molecule has 0 spiro atoms. The standard InChI is InChI=1S/C12H10O/c13-12-8-7-10-5-3-1-2-4-6-11(10)9-12/h1-8H,9H2/b2-1?,3-1-,4-2-,5-3?,6-4?,10-5?,11-6?. The molecule has 0 aromatic heterocycles. The first kappa shape index (κ1) is 7.99. The first-order valence-corrected chi connectivity index (χ1v) is 4.32. The Balaban J connectivity index is 2.43. The van der Waals surface area contributed by atoms with Gasteiger partial charge in [0.25, 0.3) is 0 Å². The Morgan fingerprint density at radius 1 is 0.923 bits per heavy atom. The summed E-state index contributed by atoms with van der Waals surface area (Å²) in [4.78, 5) is 11.1. The predicted molar refractivity (Wildman–Crippen MR) is 53.2 cm³/mol. The minimum absolute atomic E-state index is 0.182. The van der Waals surface area contributed by atoms with Crippen molar-refractivity contribution in [3.8, 4) is 0 Å². The molecule has 2 aliphatic carbocycles. The van der Waals surface area contributed by atoms with E-state index in [0.29, 0.717) is 6.42 Å². The van der Waals surface area contributed by atoms with Gasteiger partial charge in [-0.15, -0.1) is 0 Å². The molecule has 0 N–H and O–H groups in total. The summed E-state index contributed by atoms with van der Waals surface area (Å²) in [6.45, 7) is 0. The largest absolute Gasteiger partial charge is 0.294 e. The van der Waals surface area contributed by atoms with E-state index in [9.17, 15) is 4.79 Å². The van der Waals surface area contributed by atoms with E-state index in [0.717, 1.165) is 11.1 Å². The highest BCUT2D eigenvalue weighted by molar-refractivity contribution is 5.95. The first-order chi connectivity index (χ1) is 6.36. The highest BCUT2D eigenvalue weighted by atomic mass is 16.1. The third-order valence-electron chi connectivity index (χ3n) is 2.09. The van der Waals surface area contributed by atoms with E-state index in [4.69, 9.17) is 0 Å². The highest BCUT2D eigenvalue weighted by Crippen LogP contribution is 2.22. The van der Waals surface area contributed by atoms with Crippen LogP contribution in [-0.4, -0.2) is 5.78 Å². The van der Waals surface area contributed by atoms with Crippen molar-refractivity contribution in [3.63, 3.8) is 0 Å². The summed E-state index contributed by atoms with van der Waals surface area (Å²) in [5.41, 5.74) is 2.24. The molecule has 1 nitrogen and oxygen atoms in total. The molecule has 0 fully saturated rings. The van der Waals surface area contributed by atoms with Crippen LogP contribution >= 0.6 is 0 Å². The Labute approximate surface area is 77.5 Å². The minimum atomic E-state index is 0.182. The van der Waals surface area contributed by atoms with E-state index in [1.807, 2.05) is 42.5 Å². The van der Waals surface area contributed by atoms with Gasteiger partial charge in [0.15, 0.2) is 5.78 Å². The zero-order valence-electron chi connectivity index (χ0n) is 7.23. The van der Waals surface area contributed by atoms with Gasteiger partial charge in [0.2, 0.25) is 0 Å². The zero-order chi connectivity index (χ0) is 9.10. The van der Waals surface area contributed by atoms with Gasteiger partial charge in [-0.05, 0) is 17.2 Å². The summed E-state index contributed by atoms with van der Waals surface area (Å²) >= 11 is 0. The van der Waals surface area contributed by atoms with Crippen LogP contribution in [0.2, 0.25) is 0 Å². The zero-order valence-corrected chi connectivity index (χ0v) is 7.23. The molecule has 0 atom stereocenters. The Morgan fingerprint density at radius 3 is 2.54 bits per heavy atom. The molecule has 1 heteroatoms. The smallest absolute Gasteiger partial charge is 0.160 e. The topological polar surface area (TPSA) is 17.1 Å². The molecule has 0 amide bonds. The molecule has 0 heterocycles. The van der Waals surface area contributed by atoms with Crippen molar-refractivity contribution in [1.29, 1.82) is 0 Å². The van der Waals surface area contributed by atoms with E-state index >= 15 is 0 Å². The van der Waals surface area contributed by atoms with Crippen molar-refractivity contribution in [2.24, 2.45) is 0 Å². The lowest BCUT2D eigenvalue weighted by atomic mass is 9.93. The van der Waals surface area contributed by atoms with Gasteiger partial charge in [-0.25, -0.2) is 0 Å². The number of ketones is 1. The Morgan fingerprint density at radius 2 is 1.69 bits per heavy atom. The van der Waals surface area contributed by atoms with Crippen LogP contribution in [0.4, 0.5) is 0 Å². The summed E-state index contributed by atoms with van der Waals surface area (Å²) < 4.78 is 0. The van der Waals surface area contributed by atoms with Crippen LogP contribution in [0.1, 0.15) is 6.42 Å². The average Bonchev–Trinajstić information content (AvgIpc) is 2.08. The third kappa shape index (κ3) is 1.75. The number of hydrogen-bond donors (Lipinski definition) is 0. The Bertz CT molecular complexity index is 376. The minimum Gasteiger partial charge on any atom is -0.294 e. The van der Waals surface area contributed by atoms with Gasteiger partial charge in [0, 0.05) is 6.42 Å². The lowest BCUT2D eigenvalue weighted by Crippen LogP contribution is -2.03. The summed E-state index contributed by atoms with van der Waals surface area (Å²) in [6, 6.07) is 0. The van der Waals surface area contributed by atoms with Crippen LogP contribution < -0.4 is 0 Å². The summed E-state index contributed by atoms with van der Waals surface area (Å²) in [5.74, 6) is 0.182. The molecule has 0 saturated carbocycles. The summed E-state index contributed by atoms with van der Waals surface area (Å²) in [7, 11) is 0. The second-order valence-corrected chi connectivity index (χ2v) is 3.06. The number of allylic oxidation sites excluding steroid dienone is 10. The Kier molecular flexibility index (Phi) is 2.09. The molecule has 0 unspecified atom stereocenters. The maximum absolute atomic E-state index is 11.1. The molecule has 64 valence electrons. The van der Waals surface area contributed by atoms with Gasteiger partial charge in [0.05, 0.1) is 0 Å². The van der Waals surface area contributed by atoms with E-state index in [1.165, 1.54) is 0 Å². The second-order valence-electron chi connectivity index (χ2n) is 3.06. The maximum atomic E-state index is 11.1. The van der Waals surface area contributed by atoms with Gasteiger partial charge in [-0.2, -0.15) is 0 Å². The molecule has 13 heavy (non-hydrogen) atoms. The quantitative estimate of drug-likeness (QED) is 0.546. The van der Waals surface area contributed by atoms with E-state index in [-0.39, 0.29) is 5.78 Å². The maximum Gasteiger partial charge on any atom is 0.160 e. The van der Waals surface area contributed by atoms with Gasteiger partial charge in [-0.3, -0.25) is 4.79 Å². The molecule has 2 aliphatic rings. The first-order valence-electron chi connectivity index (χ1n) is 4.32. The van der Waals surface area contributed by atoms with Crippen LogP contribution in [0.3, 0.4) is 0 Å². The van der Waals surface area contributed by atoms with Crippen LogP contribution in [0.5, 0.6) is 0 Å². The fourth-order valence-corrected chi connectivity index (χ4v) is 1.42. The van der Waals surface area contributed by atoms with E-state index in [1.54, 1.807) is 6.08 Å². The van der Waals surface area contributed by atoms with Gasteiger partial charge in [-0.1, -0.05) is 42.5 Å². The van der Waals surface area contributed by atoms with Crippen molar-refractivity contribution in [2.75, 3.05) is 0 Å². The highest BCUT2D eigenvalue weighted by Gasteiger charge is 2.11. The van der Waals surface area contributed by atoms with Crippen LogP contribution in [0.15, 0.2) is 59.8 Å². The predicted octanol–water partition coefficient (Wildman–Crippen LogP) is 2.49. The van der Waals surface area contributed by atoms with Crippen molar-refractivity contribution in [1.82, 2.24) is 0 Å². The fourth-order valence-electron chi connectivity index (χ4n) is 1.42. The fraction of sp³-hybridized carbons (Fsp3) is 0.0833. The van der Waals surface area contributed by atoms with Gasteiger partial charge in [0.1, 0.15) is 0 Å². The molecule has 0 aromatic rings. The van der Waals surface area contributed by atoms with Crippen LogP contribution in [0.25, 0.3) is 0 Å². The van der Waals surface area contributed by atoms with Crippen molar-refractivity contribution >= 4 is 5.78 Å². The monoisotopic (exact) mass is 170 g/mol. The molecule has 0 aromatic carbocycles. The van der Waals surface area contributed by atoms with Gasteiger partial charge >= 0.3 is 0 Å². The van der Waals surface area contributed by atoms with Crippen molar-refractivity contribution < 1.29 is 4.79 Å². The van der Waals surface area contributed by atoms with Crippen molar-refractivity contribution in [3.05, 3.63) is 59.8 Å². The summed E-state index contributed by atoms with van der Waals surface area (Å²) in [5, 5.41) is 0. The lowest BCUT2D eigenvalue weighted by Gasteiger charge is -2.11. The molecule has 0 radical (unpaired) electrons. The lowest BCUT2D eigenvalue weighted by molar-refractivity contribution is -0.114. The molecule has 0 aliphatic heterocycles. The van der Waals surface area contributed by atoms with Crippen LogP contribution in [0, 0.1) is 0 Å². The molecular weight excluding hydrogens is 160 g/mol. The molecule has 0 saturated heterocycles. The van der Waals surface area contributed by atoms with Crippen LogP contribution in [-0.2, 0) is 4.79 Å². The number of carbonyl (C=O) groups is 1. The average molecular weight is 170 g/mol. The Hall–Kier alpha value is -1.63.